The minimum Gasteiger partial charge on any atom is -0.496 e. The van der Waals surface area contributed by atoms with Crippen LogP contribution < -0.4 is 9.47 Å². The van der Waals surface area contributed by atoms with E-state index in [2.05, 4.69) is 28.9 Å². The number of hydrogen-bond donors (Lipinski definition) is 2. The Labute approximate surface area is 211 Å². The molecule has 1 saturated carbocycles. The van der Waals surface area contributed by atoms with Gasteiger partial charge in [0, 0.05) is 65.9 Å². The van der Waals surface area contributed by atoms with Gasteiger partial charge in [0.15, 0.2) is 0 Å². The monoisotopic (exact) mass is 490 g/mol. The molecule has 2 fully saturated rings. The van der Waals surface area contributed by atoms with E-state index < -0.39 is 5.97 Å². The number of likely N-dealkylation sites (tertiary alicyclic amines) is 1. The number of H-pyrrole nitrogens is 1. The number of fused-ring (bicyclic) bond motifs is 2. The second kappa shape index (κ2) is 9.45. The van der Waals surface area contributed by atoms with Gasteiger partial charge < -0.3 is 24.3 Å². The van der Waals surface area contributed by atoms with Crippen molar-refractivity contribution in [3.8, 4) is 11.5 Å². The van der Waals surface area contributed by atoms with Crippen molar-refractivity contribution in [1.29, 1.82) is 0 Å². The van der Waals surface area contributed by atoms with Crippen LogP contribution in [0.25, 0.3) is 10.9 Å². The van der Waals surface area contributed by atoms with Gasteiger partial charge in [-0.1, -0.05) is 6.07 Å². The average molecular weight is 491 g/mol. The first-order chi connectivity index (χ1) is 17.5. The van der Waals surface area contributed by atoms with E-state index in [0.717, 1.165) is 72.2 Å². The molecular formula is C29H34N2O5. The minimum absolute atomic E-state index is 0.0673. The molecule has 1 aliphatic carbocycles. The topological polar surface area (TPSA) is 84.0 Å². The highest BCUT2D eigenvalue weighted by Crippen LogP contribution is 2.44. The minimum atomic E-state index is -0.895. The molecule has 0 unspecified atom stereocenters. The van der Waals surface area contributed by atoms with Crippen molar-refractivity contribution >= 4 is 16.9 Å². The quantitative estimate of drug-likeness (QED) is 0.449. The van der Waals surface area contributed by atoms with Gasteiger partial charge in [-0.15, -0.1) is 0 Å². The van der Waals surface area contributed by atoms with Crippen molar-refractivity contribution in [1.82, 2.24) is 9.88 Å². The molecule has 0 amide bonds. The summed E-state index contributed by atoms with van der Waals surface area (Å²) < 4.78 is 18.3. The standard InChI is InChI=1S/C29H34N2O5/c1-17-13-26(34-2)24(20-7-10-30-27(17)20)15-31-11-8-19(36-16-18-3-4-18)14-25(31)23-6-5-22(29(32)33)21-9-12-35-28(21)23/h5-7,10,13,18-19,25,30H,3-4,8-9,11-12,14-16H2,1-2H3,(H,32,33)/t19-,25-/m1/s1. The van der Waals surface area contributed by atoms with Gasteiger partial charge in [0.25, 0.3) is 0 Å². The molecule has 36 heavy (non-hydrogen) atoms. The predicted molar refractivity (Wildman–Crippen MR) is 137 cm³/mol. The van der Waals surface area contributed by atoms with Gasteiger partial charge in [-0.05, 0) is 62.3 Å². The largest absolute Gasteiger partial charge is 0.496 e. The molecule has 2 aromatic carbocycles. The van der Waals surface area contributed by atoms with Crippen molar-refractivity contribution in [2.24, 2.45) is 5.92 Å². The van der Waals surface area contributed by atoms with Gasteiger partial charge >= 0.3 is 5.97 Å². The molecular weight excluding hydrogens is 456 g/mol. The van der Waals surface area contributed by atoms with Crippen LogP contribution in [-0.4, -0.2) is 53.9 Å². The highest BCUT2D eigenvalue weighted by Gasteiger charge is 2.36. The number of carboxylic acids is 1. The fraction of sp³-hybridized carbons (Fsp3) is 0.483. The highest BCUT2D eigenvalue weighted by molar-refractivity contribution is 5.91. The summed E-state index contributed by atoms with van der Waals surface area (Å²) in [6.45, 7) is 5.09. The zero-order valence-electron chi connectivity index (χ0n) is 21.0. The van der Waals surface area contributed by atoms with Gasteiger partial charge in [-0.2, -0.15) is 0 Å². The summed E-state index contributed by atoms with van der Waals surface area (Å²) in [5.41, 5.74) is 5.71. The van der Waals surface area contributed by atoms with Crippen LogP contribution in [0.5, 0.6) is 11.5 Å². The number of ether oxygens (including phenoxy) is 3. The van der Waals surface area contributed by atoms with Gasteiger partial charge in [0.1, 0.15) is 11.5 Å². The van der Waals surface area contributed by atoms with E-state index in [-0.39, 0.29) is 12.1 Å². The van der Waals surface area contributed by atoms with E-state index in [1.165, 1.54) is 23.8 Å². The number of carbonyl (C=O) groups is 1. The zero-order chi connectivity index (χ0) is 24.8. The number of nitrogens with zero attached hydrogens (tertiary/aromatic N) is 1. The number of nitrogens with one attached hydrogen (secondary N) is 1. The third-order valence-corrected chi connectivity index (χ3v) is 8.10. The molecule has 0 radical (unpaired) electrons. The van der Waals surface area contributed by atoms with Crippen LogP contribution in [0.4, 0.5) is 0 Å². The Bertz CT molecular complexity index is 1290. The van der Waals surface area contributed by atoms with Crippen LogP contribution in [0.1, 0.15) is 64.3 Å². The zero-order valence-corrected chi connectivity index (χ0v) is 21.0. The molecule has 7 nitrogen and oxygen atoms in total. The van der Waals surface area contributed by atoms with Crippen LogP contribution in [0.15, 0.2) is 30.5 Å². The Hall–Kier alpha value is -3.03. The predicted octanol–water partition coefficient (Wildman–Crippen LogP) is 5.25. The lowest BCUT2D eigenvalue weighted by Crippen LogP contribution is -2.40. The third-order valence-electron chi connectivity index (χ3n) is 8.10. The summed E-state index contributed by atoms with van der Waals surface area (Å²) >= 11 is 0. The molecule has 3 aliphatic rings. The van der Waals surface area contributed by atoms with E-state index in [1.54, 1.807) is 13.2 Å². The van der Waals surface area contributed by atoms with Crippen LogP contribution >= 0.6 is 0 Å². The normalized spacial score (nSPS) is 21.9. The molecule has 6 rings (SSSR count). The highest BCUT2D eigenvalue weighted by atomic mass is 16.5. The average Bonchev–Trinajstić information content (AvgIpc) is 3.34. The van der Waals surface area contributed by atoms with E-state index in [4.69, 9.17) is 14.2 Å². The second-order valence-corrected chi connectivity index (χ2v) is 10.5. The molecule has 190 valence electrons. The molecule has 1 aromatic heterocycles. The molecule has 7 heteroatoms. The summed E-state index contributed by atoms with van der Waals surface area (Å²) in [6, 6.07) is 8.03. The Kier molecular flexibility index (Phi) is 6.13. The van der Waals surface area contributed by atoms with Gasteiger partial charge in [0.2, 0.25) is 0 Å². The SMILES string of the molecule is COc1cc(C)c2[nH]ccc2c1CN1CC[C@@H](OCC2CC2)C[C@@H]1c1ccc(C(=O)O)c2c1OCC2. The number of carboxylic acid groups (broad SMARTS) is 1. The van der Waals surface area contributed by atoms with Crippen molar-refractivity contribution in [3.05, 3.63) is 58.3 Å². The van der Waals surface area contributed by atoms with Crippen LogP contribution in [0.3, 0.4) is 0 Å². The first-order valence-corrected chi connectivity index (χ1v) is 13.0. The van der Waals surface area contributed by atoms with Crippen molar-refractivity contribution in [2.75, 3.05) is 26.9 Å². The lowest BCUT2D eigenvalue weighted by molar-refractivity contribution is -0.0233. The van der Waals surface area contributed by atoms with Crippen LogP contribution in [0, 0.1) is 12.8 Å². The van der Waals surface area contributed by atoms with E-state index >= 15 is 0 Å². The summed E-state index contributed by atoms with van der Waals surface area (Å²) in [7, 11) is 1.73. The number of benzene rings is 2. The lowest BCUT2D eigenvalue weighted by Gasteiger charge is -2.40. The number of aryl methyl sites for hydroxylation is 1. The van der Waals surface area contributed by atoms with E-state index in [9.17, 15) is 9.90 Å². The maximum Gasteiger partial charge on any atom is 0.336 e. The number of aromatic nitrogens is 1. The lowest BCUT2D eigenvalue weighted by atomic mass is 9.89. The van der Waals surface area contributed by atoms with Crippen LogP contribution in [0.2, 0.25) is 0 Å². The number of aromatic amines is 1. The Morgan fingerprint density at radius 1 is 1.25 bits per heavy atom. The van der Waals surface area contributed by atoms with Crippen LogP contribution in [-0.2, 0) is 17.7 Å². The fourth-order valence-electron chi connectivity index (χ4n) is 5.97. The molecule has 2 atom stereocenters. The fourth-order valence-corrected chi connectivity index (χ4v) is 5.97. The molecule has 3 heterocycles. The van der Waals surface area contributed by atoms with Gasteiger partial charge in [0.05, 0.1) is 25.4 Å². The molecule has 1 saturated heterocycles. The molecule has 2 aliphatic heterocycles. The molecule has 2 N–H and O–H groups in total. The third kappa shape index (κ3) is 4.24. The van der Waals surface area contributed by atoms with Crippen molar-refractivity contribution in [2.45, 2.75) is 57.7 Å². The smallest absolute Gasteiger partial charge is 0.336 e. The van der Waals surface area contributed by atoms with E-state index in [1.807, 2.05) is 12.3 Å². The summed E-state index contributed by atoms with van der Waals surface area (Å²) in [5, 5.41) is 10.9. The molecule has 0 bridgehead atoms. The number of hydrogen-bond acceptors (Lipinski definition) is 5. The van der Waals surface area contributed by atoms with Crippen molar-refractivity contribution in [3.63, 3.8) is 0 Å². The summed E-state index contributed by atoms with van der Waals surface area (Å²) in [4.78, 5) is 17.7. The number of piperidine rings is 1. The van der Waals surface area contributed by atoms with Gasteiger partial charge in [-0.3, -0.25) is 4.90 Å². The number of methoxy groups -OCH3 is 1. The summed E-state index contributed by atoms with van der Waals surface area (Å²) in [6.07, 6.45) is 7.20. The number of rotatable bonds is 8. The number of aromatic carboxylic acids is 1. The van der Waals surface area contributed by atoms with E-state index in [0.29, 0.717) is 18.6 Å². The summed E-state index contributed by atoms with van der Waals surface area (Å²) in [5.74, 6) is 1.49. The van der Waals surface area contributed by atoms with Crippen molar-refractivity contribution < 1.29 is 24.1 Å². The maximum atomic E-state index is 11.9. The van der Waals surface area contributed by atoms with Gasteiger partial charge in [-0.25, -0.2) is 4.79 Å². The molecule has 3 aromatic rings. The second-order valence-electron chi connectivity index (χ2n) is 10.5. The Morgan fingerprint density at radius 2 is 2.11 bits per heavy atom. The first kappa shape index (κ1) is 23.4. The first-order valence-electron chi connectivity index (χ1n) is 13.0. The Morgan fingerprint density at radius 3 is 2.89 bits per heavy atom. The molecule has 0 spiro atoms. The maximum absolute atomic E-state index is 11.9. The Balaban J connectivity index is 1.37.